The van der Waals surface area contributed by atoms with Gasteiger partial charge in [0.2, 0.25) is 5.91 Å². The minimum atomic E-state index is -0.485. The summed E-state index contributed by atoms with van der Waals surface area (Å²) in [5.74, 6) is -0.893. The molecule has 8 nitrogen and oxygen atoms in total. The minimum Gasteiger partial charge on any atom is -0.484 e. The molecule has 3 aromatic carbocycles. The molecule has 0 saturated heterocycles. The van der Waals surface area contributed by atoms with Gasteiger partial charge in [-0.25, -0.2) is 0 Å². The van der Waals surface area contributed by atoms with Crippen LogP contribution < -0.4 is 20.9 Å². The summed E-state index contributed by atoms with van der Waals surface area (Å²) in [6, 6.07) is 26.9. The standard InChI is InChI=1S/C27H27N3O5S/c31-24(15-16-26(33)34-18-17-20-7-3-1-4-8-20)28-27(36)30-29-25(32)19-35-23-13-11-22(12-14-23)21-9-5-2-6-10-21/h1-14H,15-19H2,(H,29,32)(H2,28,30,31,36). The number of nitrogens with one attached hydrogen (secondary N) is 3. The molecule has 0 radical (unpaired) electrons. The van der Waals surface area contributed by atoms with Crippen molar-refractivity contribution in [2.75, 3.05) is 13.2 Å². The number of hydrazine groups is 1. The van der Waals surface area contributed by atoms with Crippen molar-refractivity contribution in [2.45, 2.75) is 19.3 Å². The summed E-state index contributed by atoms with van der Waals surface area (Å²) in [7, 11) is 0. The van der Waals surface area contributed by atoms with E-state index in [0.29, 0.717) is 12.2 Å². The lowest BCUT2D eigenvalue weighted by Crippen LogP contribution is -2.49. The number of hydrogen-bond donors (Lipinski definition) is 3. The Morgan fingerprint density at radius 3 is 2.06 bits per heavy atom. The Labute approximate surface area is 215 Å². The molecule has 3 N–H and O–H groups in total. The molecule has 0 unspecified atom stereocenters. The van der Waals surface area contributed by atoms with Gasteiger partial charge in [-0.2, -0.15) is 0 Å². The van der Waals surface area contributed by atoms with Crippen LogP contribution in [0.2, 0.25) is 0 Å². The van der Waals surface area contributed by atoms with Crippen LogP contribution in [-0.2, 0) is 25.5 Å². The Balaban J connectivity index is 1.26. The first-order valence-electron chi connectivity index (χ1n) is 11.4. The topological polar surface area (TPSA) is 106 Å². The van der Waals surface area contributed by atoms with Gasteiger partial charge in [0.25, 0.3) is 5.91 Å². The van der Waals surface area contributed by atoms with Crippen LogP contribution in [0, 0.1) is 0 Å². The normalized spacial score (nSPS) is 10.1. The molecule has 0 aliphatic carbocycles. The molecule has 0 atom stereocenters. The third-order valence-corrected chi connectivity index (χ3v) is 5.16. The molecule has 0 aliphatic rings. The highest BCUT2D eigenvalue weighted by molar-refractivity contribution is 7.80. The molecule has 3 aromatic rings. The summed E-state index contributed by atoms with van der Waals surface area (Å²) in [5, 5.41) is 2.29. The van der Waals surface area contributed by atoms with Crippen molar-refractivity contribution in [3.05, 3.63) is 90.5 Å². The van der Waals surface area contributed by atoms with Crippen molar-refractivity contribution in [2.24, 2.45) is 0 Å². The van der Waals surface area contributed by atoms with E-state index in [0.717, 1.165) is 16.7 Å². The van der Waals surface area contributed by atoms with Gasteiger partial charge < -0.3 is 14.8 Å². The SMILES string of the molecule is O=C(COc1ccc(-c2ccccc2)cc1)NNC(=S)NC(=O)CCC(=O)OCCc1ccccc1. The molecule has 0 fully saturated rings. The summed E-state index contributed by atoms with van der Waals surface area (Å²) < 4.78 is 10.6. The lowest BCUT2D eigenvalue weighted by Gasteiger charge is -2.11. The first-order valence-corrected chi connectivity index (χ1v) is 11.8. The average molecular weight is 506 g/mol. The van der Waals surface area contributed by atoms with Crippen molar-refractivity contribution in [3.63, 3.8) is 0 Å². The monoisotopic (exact) mass is 505 g/mol. The highest BCUT2D eigenvalue weighted by atomic mass is 32.1. The quantitative estimate of drug-likeness (QED) is 0.221. The predicted octanol–water partition coefficient (Wildman–Crippen LogP) is 3.32. The van der Waals surface area contributed by atoms with E-state index in [2.05, 4.69) is 16.2 Å². The smallest absolute Gasteiger partial charge is 0.306 e. The number of carbonyl (C=O) groups is 3. The maximum Gasteiger partial charge on any atom is 0.306 e. The number of hydrogen-bond acceptors (Lipinski definition) is 6. The zero-order valence-corrected chi connectivity index (χ0v) is 20.4. The fourth-order valence-electron chi connectivity index (χ4n) is 3.12. The van der Waals surface area contributed by atoms with E-state index < -0.39 is 17.8 Å². The maximum atomic E-state index is 12.0. The molecule has 36 heavy (non-hydrogen) atoms. The molecule has 0 heterocycles. The minimum absolute atomic E-state index is 0.0769. The van der Waals surface area contributed by atoms with Crippen molar-refractivity contribution in [3.8, 4) is 16.9 Å². The lowest BCUT2D eigenvalue weighted by atomic mass is 10.1. The number of ether oxygens (including phenoxy) is 2. The molecule has 186 valence electrons. The van der Waals surface area contributed by atoms with Gasteiger partial charge in [-0.3, -0.25) is 25.2 Å². The third-order valence-electron chi connectivity index (χ3n) is 4.95. The molecular weight excluding hydrogens is 478 g/mol. The van der Waals surface area contributed by atoms with Crippen LogP contribution in [0.15, 0.2) is 84.9 Å². The number of thiocarbonyl (C=S) groups is 1. The largest absolute Gasteiger partial charge is 0.484 e. The Morgan fingerprint density at radius 1 is 0.722 bits per heavy atom. The Bertz CT molecular complexity index is 1160. The summed E-state index contributed by atoms with van der Waals surface area (Å²) in [4.78, 5) is 35.7. The van der Waals surface area contributed by atoms with E-state index >= 15 is 0 Å². The Kier molecular flexibility index (Phi) is 10.4. The molecule has 0 aromatic heterocycles. The van der Waals surface area contributed by atoms with Crippen LogP contribution in [0.4, 0.5) is 0 Å². The Morgan fingerprint density at radius 2 is 1.36 bits per heavy atom. The number of benzene rings is 3. The van der Waals surface area contributed by atoms with Crippen molar-refractivity contribution in [1.29, 1.82) is 0 Å². The van der Waals surface area contributed by atoms with E-state index in [1.165, 1.54) is 0 Å². The van der Waals surface area contributed by atoms with Crippen molar-refractivity contribution < 1.29 is 23.9 Å². The first kappa shape index (κ1) is 26.4. The fraction of sp³-hybridized carbons (Fsp3) is 0.185. The van der Waals surface area contributed by atoms with E-state index in [1.807, 2.05) is 72.8 Å². The van der Waals surface area contributed by atoms with Crippen LogP contribution in [-0.4, -0.2) is 36.1 Å². The average Bonchev–Trinajstić information content (AvgIpc) is 2.91. The van der Waals surface area contributed by atoms with Crippen LogP contribution in [0.1, 0.15) is 18.4 Å². The number of rotatable bonds is 10. The first-order chi connectivity index (χ1) is 17.5. The van der Waals surface area contributed by atoms with E-state index in [4.69, 9.17) is 21.7 Å². The number of esters is 1. The van der Waals surface area contributed by atoms with E-state index in [1.54, 1.807) is 12.1 Å². The second-order valence-corrected chi connectivity index (χ2v) is 8.09. The van der Waals surface area contributed by atoms with Crippen LogP contribution in [0.3, 0.4) is 0 Å². The lowest BCUT2D eigenvalue weighted by molar-refractivity contribution is -0.144. The van der Waals surface area contributed by atoms with Crippen molar-refractivity contribution in [1.82, 2.24) is 16.2 Å². The third kappa shape index (κ3) is 9.55. The summed E-state index contributed by atoms with van der Waals surface area (Å²) >= 11 is 4.98. The maximum absolute atomic E-state index is 12.0. The summed E-state index contributed by atoms with van der Waals surface area (Å²) in [5.41, 5.74) is 7.95. The fourth-order valence-corrected chi connectivity index (χ4v) is 3.29. The second kappa shape index (κ2) is 14.2. The van der Waals surface area contributed by atoms with Gasteiger partial charge in [0.1, 0.15) is 5.75 Å². The molecule has 2 amide bonds. The predicted molar refractivity (Wildman–Crippen MR) is 140 cm³/mol. The molecule has 0 spiro atoms. The van der Waals surface area contributed by atoms with Gasteiger partial charge in [0.05, 0.1) is 13.0 Å². The van der Waals surface area contributed by atoms with Gasteiger partial charge in [0, 0.05) is 12.8 Å². The summed E-state index contributed by atoms with van der Waals surface area (Å²) in [6.45, 7) is -0.00122. The van der Waals surface area contributed by atoms with E-state index in [-0.39, 0.29) is 31.2 Å². The zero-order valence-electron chi connectivity index (χ0n) is 19.6. The Hall–Kier alpha value is -4.24. The highest BCUT2D eigenvalue weighted by Crippen LogP contribution is 2.21. The van der Waals surface area contributed by atoms with Crippen molar-refractivity contribution >= 4 is 35.1 Å². The molecule has 0 aliphatic heterocycles. The van der Waals surface area contributed by atoms with Gasteiger partial charge in [-0.15, -0.1) is 0 Å². The van der Waals surface area contributed by atoms with Crippen LogP contribution >= 0.6 is 12.2 Å². The van der Waals surface area contributed by atoms with Gasteiger partial charge in [-0.05, 0) is 41.0 Å². The molecular formula is C27H27N3O5S. The molecule has 0 bridgehead atoms. The number of carbonyl (C=O) groups excluding carboxylic acids is 3. The summed E-state index contributed by atoms with van der Waals surface area (Å²) in [6.07, 6.45) is 0.434. The van der Waals surface area contributed by atoms with Crippen LogP contribution in [0.5, 0.6) is 5.75 Å². The van der Waals surface area contributed by atoms with Gasteiger partial charge in [-0.1, -0.05) is 72.8 Å². The highest BCUT2D eigenvalue weighted by Gasteiger charge is 2.10. The van der Waals surface area contributed by atoms with Gasteiger partial charge >= 0.3 is 5.97 Å². The zero-order chi connectivity index (χ0) is 25.6. The molecule has 0 saturated carbocycles. The number of amides is 2. The molecule has 9 heteroatoms. The second-order valence-electron chi connectivity index (χ2n) is 7.69. The molecule has 3 rings (SSSR count). The van der Waals surface area contributed by atoms with Gasteiger partial charge in [0.15, 0.2) is 11.7 Å². The van der Waals surface area contributed by atoms with Crippen LogP contribution in [0.25, 0.3) is 11.1 Å². The van der Waals surface area contributed by atoms with E-state index in [9.17, 15) is 14.4 Å².